The average molecular weight is 293 g/mol. The van der Waals surface area contributed by atoms with Crippen LogP contribution >= 0.6 is 0 Å². The second-order valence-corrected chi connectivity index (χ2v) is 5.00. The van der Waals surface area contributed by atoms with E-state index in [0.29, 0.717) is 0 Å². The van der Waals surface area contributed by atoms with Gasteiger partial charge in [0.15, 0.2) is 6.10 Å². The summed E-state index contributed by atoms with van der Waals surface area (Å²) in [6.45, 7) is 1.98. The Labute approximate surface area is 123 Å². The van der Waals surface area contributed by atoms with Crippen LogP contribution in [0.4, 0.5) is 0 Å². The highest BCUT2D eigenvalue weighted by molar-refractivity contribution is 5.85. The molecule has 0 aliphatic carbocycles. The van der Waals surface area contributed by atoms with Crippen LogP contribution in [0, 0.1) is 12.8 Å². The van der Waals surface area contributed by atoms with Crippen molar-refractivity contribution in [3.8, 4) is 0 Å². The number of rotatable bonds is 3. The molecule has 3 atom stereocenters. The van der Waals surface area contributed by atoms with Crippen LogP contribution in [0.25, 0.3) is 0 Å². The largest absolute Gasteiger partial charge is 0.469 e. The summed E-state index contributed by atoms with van der Waals surface area (Å²) < 4.78 is 9.54. The second-order valence-electron chi connectivity index (χ2n) is 5.00. The maximum Gasteiger partial charge on any atom is 0.338 e. The van der Waals surface area contributed by atoms with Crippen LogP contribution < -0.4 is 0 Å². The van der Waals surface area contributed by atoms with Gasteiger partial charge in [-0.2, -0.15) is 5.06 Å². The van der Waals surface area contributed by atoms with E-state index in [-0.39, 0.29) is 0 Å². The Morgan fingerprint density at radius 2 is 1.67 bits per heavy atom. The molecule has 6 nitrogen and oxygen atoms in total. The van der Waals surface area contributed by atoms with Crippen molar-refractivity contribution in [3.05, 3.63) is 35.4 Å². The summed E-state index contributed by atoms with van der Waals surface area (Å²) in [5.41, 5.74) is 1.99. The fourth-order valence-electron chi connectivity index (χ4n) is 2.58. The molecule has 0 saturated carbocycles. The summed E-state index contributed by atoms with van der Waals surface area (Å²) in [5.74, 6) is -1.86. The Bertz CT molecular complexity index is 527. The predicted molar refractivity (Wildman–Crippen MR) is 74.1 cm³/mol. The highest BCUT2D eigenvalue weighted by Gasteiger charge is 2.51. The zero-order valence-electron chi connectivity index (χ0n) is 12.5. The van der Waals surface area contributed by atoms with Crippen molar-refractivity contribution in [3.63, 3.8) is 0 Å². The standard InChI is InChI=1S/C15H19NO5/c1-9-5-7-10(8-6-9)12-11(14(17)19-3)13(15(18)20-4)21-16(12)2/h5-8,11-13H,1-4H3/t11-,12+,13+/m0/s1. The van der Waals surface area contributed by atoms with E-state index in [1.807, 2.05) is 31.2 Å². The lowest BCUT2D eigenvalue weighted by molar-refractivity contribution is -0.182. The van der Waals surface area contributed by atoms with Gasteiger partial charge in [-0.25, -0.2) is 4.79 Å². The summed E-state index contributed by atoms with van der Waals surface area (Å²) in [4.78, 5) is 29.4. The number of carbonyl (C=O) groups is 2. The van der Waals surface area contributed by atoms with Gasteiger partial charge in [0, 0.05) is 7.05 Å². The van der Waals surface area contributed by atoms with Crippen LogP contribution in [0.15, 0.2) is 24.3 Å². The molecule has 1 aliphatic heterocycles. The van der Waals surface area contributed by atoms with E-state index in [4.69, 9.17) is 14.3 Å². The number of esters is 2. The average Bonchev–Trinajstić information content (AvgIpc) is 2.84. The zero-order valence-corrected chi connectivity index (χ0v) is 12.5. The molecule has 1 saturated heterocycles. The Morgan fingerprint density at radius 1 is 1.10 bits per heavy atom. The van der Waals surface area contributed by atoms with E-state index in [9.17, 15) is 9.59 Å². The van der Waals surface area contributed by atoms with Gasteiger partial charge in [0.2, 0.25) is 0 Å². The van der Waals surface area contributed by atoms with Crippen LogP contribution in [0.3, 0.4) is 0 Å². The van der Waals surface area contributed by atoms with E-state index in [1.165, 1.54) is 19.3 Å². The summed E-state index contributed by atoms with van der Waals surface area (Å²) in [6, 6.07) is 7.32. The molecular formula is C15H19NO5. The number of carbonyl (C=O) groups excluding carboxylic acids is 2. The van der Waals surface area contributed by atoms with Crippen LogP contribution in [0.1, 0.15) is 17.2 Å². The molecule has 1 aliphatic rings. The molecule has 6 heteroatoms. The van der Waals surface area contributed by atoms with Gasteiger partial charge in [0.05, 0.1) is 20.3 Å². The number of hydrogen-bond donors (Lipinski definition) is 0. The Kier molecular flexibility index (Phi) is 4.59. The lowest BCUT2D eigenvalue weighted by Crippen LogP contribution is -2.35. The summed E-state index contributed by atoms with van der Waals surface area (Å²) in [7, 11) is 4.24. The number of hydrogen-bond acceptors (Lipinski definition) is 6. The van der Waals surface area contributed by atoms with E-state index in [1.54, 1.807) is 7.05 Å². The van der Waals surface area contributed by atoms with Gasteiger partial charge in [-0.1, -0.05) is 29.8 Å². The first kappa shape index (κ1) is 15.5. The zero-order chi connectivity index (χ0) is 15.6. The van der Waals surface area contributed by atoms with Crippen LogP contribution in [0.2, 0.25) is 0 Å². The van der Waals surface area contributed by atoms with Gasteiger partial charge in [-0.05, 0) is 12.5 Å². The van der Waals surface area contributed by atoms with E-state index in [0.717, 1.165) is 11.1 Å². The van der Waals surface area contributed by atoms with Gasteiger partial charge in [0.1, 0.15) is 5.92 Å². The smallest absolute Gasteiger partial charge is 0.338 e. The van der Waals surface area contributed by atoms with E-state index < -0.39 is 30.0 Å². The number of ether oxygens (including phenoxy) is 2. The molecule has 0 amide bonds. The minimum Gasteiger partial charge on any atom is -0.469 e. The molecule has 1 aromatic carbocycles. The quantitative estimate of drug-likeness (QED) is 0.781. The highest BCUT2D eigenvalue weighted by Crippen LogP contribution is 2.39. The maximum atomic E-state index is 12.1. The third-order valence-corrected chi connectivity index (χ3v) is 3.66. The fourth-order valence-corrected chi connectivity index (χ4v) is 2.58. The first-order valence-corrected chi connectivity index (χ1v) is 6.61. The minimum absolute atomic E-state index is 0.401. The predicted octanol–water partition coefficient (Wildman–Crippen LogP) is 1.24. The molecule has 0 bridgehead atoms. The number of hydroxylamine groups is 2. The van der Waals surface area contributed by atoms with Gasteiger partial charge >= 0.3 is 11.9 Å². The normalized spacial score (nSPS) is 25.6. The molecule has 1 fully saturated rings. The summed E-state index contributed by atoms with van der Waals surface area (Å²) in [6.07, 6.45) is -1.00. The minimum atomic E-state index is -1.00. The van der Waals surface area contributed by atoms with Gasteiger partial charge in [0.25, 0.3) is 0 Å². The number of nitrogens with zero attached hydrogens (tertiary/aromatic N) is 1. The summed E-state index contributed by atoms with van der Waals surface area (Å²) in [5, 5.41) is 1.51. The van der Waals surface area contributed by atoms with Crippen LogP contribution in [0.5, 0.6) is 0 Å². The monoisotopic (exact) mass is 293 g/mol. The number of benzene rings is 1. The first-order valence-electron chi connectivity index (χ1n) is 6.61. The molecule has 2 rings (SSSR count). The lowest BCUT2D eigenvalue weighted by Gasteiger charge is -2.21. The van der Waals surface area contributed by atoms with Crippen molar-refractivity contribution in [2.75, 3.05) is 21.3 Å². The molecule has 0 unspecified atom stereocenters. The van der Waals surface area contributed by atoms with E-state index >= 15 is 0 Å². The van der Waals surface area contributed by atoms with Crippen molar-refractivity contribution in [1.29, 1.82) is 0 Å². The number of aryl methyl sites for hydroxylation is 1. The summed E-state index contributed by atoms with van der Waals surface area (Å²) >= 11 is 0. The van der Waals surface area contributed by atoms with Crippen molar-refractivity contribution in [1.82, 2.24) is 5.06 Å². The Morgan fingerprint density at radius 3 is 2.19 bits per heavy atom. The Hall–Kier alpha value is -1.92. The SMILES string of the molecule is COC(=O)[C@H]1[C@@H](c2ccc(C)cc2)N(C)O[C@H]1C(=O)OC. The maximum absolute atomic E-state index is 12.1. The van der Waals surface area contributed by atoms with Gasteiger partial charge < -0.3 is 9.47 Å². The van der Waals surface area contributed by atoms with Crippen molar-refractivity contribution >= 4 is 11.9 Å². The molecule has 21 heavy (non-hydrogen) atoms. The van der Waals surface area contributed by atoms with Gasteiger partial charge in [-0.15, -0.1) is 0 Å². The highest BCUT2D eigenvalue weighted by atomic mass is 16.7. The van der Waals surface area contributed by atoms with Gasteiger partial charge in [-0.3, -0.25) is 9.63 Å². The molecule has 1 aromatic rings. The molecule has 0 N–H and O–H groups in total. The molecular weight excluding hydrogens is 274 g/mol. The molecule has 0 spiro atoms. The van der Waals surface area contributed by atoms with Crippen LogP contribution in [-0.4, -0.2) is 44.4 Å². The molecule has 0 aromatic heterocycles. The lowest BCUT2D eigenvalue weighted by atomic mass is 9.89. The number of methoxy groups -OCH3 is 2. The van der Waals surface area contributed by atoms with Crippen LogP contribution in [-0.2, 0) is 23.9 Å². The third kappa shape index (κ3) is 2.91. The fraction of sp³-hybridized carbons (Fsp3) is 0.467. The van der Waals surface area contributed by atoms with Crippen molar-refractivity contribution in [2.45, 2.75) is 19.1 Å². The van der Waals surface area contributed by atoms with Crippen molar-refractivity contribution < 1.29 is 23.9 Å². The van der Waals surface area contributed by atoms with Crippen molar-refractivity contribution in [2.24, 2.45) is 5.92 Å². The van der Waals surface area contributed by atoms with E-state index in [2.05, 4.69) is 0 Å². The Balaban J connectivity index is 2.39. The second kappa shape index (κ2) is 6.24. The topological polar surface area (TPSA) is 65.1 Å². The molecule has 0 radical (unpaired) electrons. The molecule has 114 valence electrons. The first-order chi connectivity index (χ1) is 9.99. The molecule has 1 heterocycles. The third-order valence-electron chi connectivity index (χ3n) is 3.66.